The first-order valence-electron chi connectivity index (χ1n) is 7.38. The van der Waals surface area contributed by atoms with Crippen LogP contribution < -0.4 is 5.69 Å². The van der Waals surface area contributed by atoms with Gasteiger partial charge in [-0.05, 0) is 25.0 Å². The highest BCUT2D eigenvalue weighted by molar-refractivity contribution is 5.80. The highest BCUT2D eigenvalue weighted by Crippen LogP contribution is 2.33. The lowest BCUT2D eigenvalue weighted by Crippen LogP contribution is -2.46. The lowest BCUT2D eigenvalue weighted by Gasteiger charge is -2.33. The summed E-state index contributed by atoms with van der Waals surface area (Å²) < 4.78 is 39.7. The van der Waals surface area contributed by atoms with Gasteiger partial charge in [0, 0.05) is 13.1 Å². The van der Waals surface area contributed by atoms with Gasteiger partial charge in [-0.2, -0.15) is 13.2 Å². The number of piperidine rings is 1. The predicted molar refractivity (Wildman–Crippen MR) is 77.9 cm³/mol. The molecule has 1 N–H and O–H groups in total. The third kappa shape index (κ3) is 3.11. The smallest absolute Gasteiger partial charge is 0.341 e. The molecule has 0 spiro atoms. The van der Waals surface area contributed by atoms with Crippen molar-refractivity contribution in [2.45, 2.75) is 25.6 Å². The first kappa shape index (κ1) is 15.6. The molecule has 5 nitrogen and oxygen atoms in total. The second-order valence-electron chi connectivity index (χ2n) is 5.75. The first-order valence-corrected chi connectivity index (χ1v) is 7.38. The van der Waals surface area contributed by atoms with Gasteiger partial charge in [-0.3, -0.25) is 9.36 Å². The van der Waals surface area contributed by atoms with E-state index in [1.54, 1.807) is 24.3 Å². The molecule has 0 unspecified atom stereocenters. The molecule has 1 aliphatic heterocycles. The lowest BCUT2D eigenvalue weighted by atomic mass is 9.97. The van der Waals surface area contributed by atoms with Gasteiger partial charge in [-0.15, -0.1) is 0 Å². The Morgan fingerprint density at radius 3 is 2.78 bits per heavy atom. The zero-order valence-electron chi connectivity index (χ0n) is 12.3. The normalized spacial score (nSPS) is 19.3. The summed E-state index contributed by atoms with van der Waals surface area (Å²) in [6, 6.07) is 6.88. The van der Waals surface area contributed by atoms with Gasteiger partial charge in [0.2, 0.25) is 5.91 Å². The van der Waals surface area contributed by atoms with Crippen LogP contribution in [-0.2, 0) is 11.3 Å². The molecule has 1 atom stereocenters. The van der Waals surface area contributed by atoms with Gasteiger partial charge >= 0.3 is 11.9 Å². The molecule has 2 aromatic rings. The van der Waals surface area contributed by atoms with Crippen LogP contribution >= 0.6 is 0 Å². The fourth-order valence-electron chi connectivity index (χ4n) is 2.97. The van der Waals surface area contributed by atoms with E-state index in [1.165, 1.54) is 9.47 Å². The predicted octanol–water partition coefficient (Wildman–Crippen LogP) is 2.13. The number of aromatic amines is 1. The van der Waals surface area contributed by atoms with Gasteiger partial charge < -0.3 is 9.88 Å². The molecule has 1 aromatic heterocycles. The van der Waals surface area contributed by atoms with Crippen LogP contribution in [0.5, 0.6) is 0 Å². The van der Waals surface area contributed by atoms with Crippen LogP contribution in [0, 0.1) is 5.92 Å². The number of rotatable bonds is 2. The van der Waals surface area contributed by atoms with Crippen LogP contribution in [-0.4, -0.2) is 39.6 Å². The van der Waals surface area contributed by atoms with E-state index in [4.69, 9.17) is 0 Å². The topological polar surface area (TPSA) is 58.1 Å². The van der Waals surface area contributed by atoms with E-state index in [0.717, 1.165) is 0 Å². The van der Waals surface area contributed by atoms with Crippen LogP contribution in [0.3, 0.4) is 0 Å². The number of imidazole rings is 1. The van der Waals surface area contributed by atoms with Crippen molar-refractivity contribution in [3.63, 3.8) is 0 Å². The third-order valence-corrected chi connectivity index (χ3v) is 4.21. The van der Waals surface area contributed by atoms with Crippen molar-refractivity contribution in [1.29, 1.82) is 0 Å². The molecule has 0 aliphatic carbocycles. The monoisotopic (exact) mass is 327 g/mol. The number of H-pyrrole nitrogens is 1. The summed E-state index contributed by atoms with van der Waals surface area (Å²) in [5.41, 5.74) is 0.719. The molecule has 3 rings (SSSR count). The molecular weight excluding hydrogens is 311 g/mol. The molecule has 0 radical (unpaired) electrons. The van der Waals surface area contributed by atoms with Gasteiger partial charge in [0.25, 0.3) is 0 Å². The zero-order valence-corrected chi connectivity index (χ0v) is 12.3. The Morgan fingerprint density at radius 1 is 1.30 bits per heavy atom. The maximum absolute atomic E-state index is 12.8. The van der Waals surface area contributed by atoms with Crippen molar-refractivity contribution >= 4 is 16.9 Å². The van der Waals surface area contributed by atoms with Gasteiger partial charge in [-0.1, -0.05) is 12.1 Å². The van der Waals surface area contributed by atoms with Crippen LogP contribution in [0.15, 0.2) is 29.1 Å². The molecule has 0 saturated carbocycles. The van der Waals surface area contributed by atoms with Crippen molar-refractivity contribution < 1.29 is 18.0 Å². The van der Waals surface area contributed by atoms with E-state index >= 15 is 0 Å². The molecule has 1 aromatic carbocycles. The van der Waals surface area contributed by atoms with Crippen LogP contribution in [0.4, 0.5) is 13.2 Å². The van der Waals surface area contributed by atoms with E-state index in [2.05, 4.69) is 4.98 Å². The molecule has 0 bridgehead atoms. The summed E-state index contributed by atoms with van der Waals surface area (Å²) in [4.78, 5) is 28.1. The van der Waals surface area contributed by atoms with E-state index in [0.29, 0.717) is 24.0 Å². The number of fused-ring (bicyclic) bond motifs is 1. The van der Waals surface area contributed by atoms with E-state index < -0.39 is 23.7 Å². The summed E-state index contributed by atoms with van der Waals surface area (Å²) >= 11 is 0. The number of nitrogens with one attached hydrogen (secondary N) is 1. The second kappa shape index (κ2) is 5.75. The Bertz CT molecular complexity index is 778. The number of para-hydroxylation sites is 2. The summed E-state index contributed by atoms with van der Waals surface area (Å²) in [6.07, 6.45) is -3.93. The number of nitrogens with zero attached hydrogens (tertiary/aromatic N) is 2. The summed E-state index contributed by atoms with van der Waals surface area (Å²) in [7, 11) is 0. The van der Waals surface area contributed by atoms with Crippen LogP contribution in [0.25, 0.3) is 11.0 Å². The summed E-state index contributed by atoms with van der Waals surface area (Å²) in [5.74, 6) is -1.95. The average Bonchev–Trinajstić information content (AvgIpc) is 2.83. The van der Waals surface area contributed by atoms with E-state index in [-0.39, 0.29) is 19.5 Å². The second-order valence-corrected chi connectivity index (χ2v) is 5.75. The van der Waals surface area contributed by atoms with Gasteiger partial charge in [0.15, 0.2) is 0 Å². The first-order chi connectivity index (χ1) is 10.9. The summed E-state index contributed by atoms with van der Waals surface area (Å²) in [5, 5.41) is 0. The highest BCUT2D eigenvalue weighted by Gasteiger charge is 2.42. The van der Waals surface area contributed by atoms with Gasteiger partial charge in [-0.25, -0.2) is 4.79 Å². The number of alkyl halides is 3. The number of carbonyl (C=O) groups is 1. The number of carbonyl (C=O) groups excluding carboxylic acids is 1. The zero-order chi connectivity index (χ0) is 16.6. The van der Waals surface area contributed by atoms with Gasteiger partial charge in [0.05, 0.1) is 17.0 Å². The number of halogens is 3. The molecule has 1 saturated heterocycles. The Balaban J connectivity index is 1.78. The lowest BCUT2D eigenvalue weighted by molar-refractivity contribution is -0.188. The molecular formula is C15H16F3N3O2. The number of hydrogen-bond acceptors (Lipinski definition) is 2. The number of hydrogen-bond donors (Lipinski definition) is 1. The van der Waals surface area contributed by atoms with Crippen molar-refractivity contribution in [2.75, 3.05) is 13.1 Å². The standard InChI is InChI=1S/C15H16F3N3O2/c16-15(17,18)10-4-3-7-20(8-10)13(22)9-21-12-6-2-1-5-11(12)19-14(21)23/h1-2,5-6,10H,3-4,7-9H2,(H,19,23)/t10-/m1/s1. The number of amides is 1. The fourth-order valence-corrected chi connectivity index (χ4v) is 2.97. The van der Waals surface area contributed by atoms with Crippen molar-refractivity contribution in [1.82, 2.24) is 14.5 Å². The molecule has 8 heteroatoms. The van der Waals surface area contributed by atoms with Gasteiger partial charge in [0.1, 0.15) is 6.54 Å². The molecule has 124 valence electrons. The number of benzene rings is 1. The summed E-state index contributed by atoms with van der Waals surface area (Å²) in [6.45, 7) is -0.296. The van der Waals surface area contributed by atoms with Crippen LogP contribution in [0.1, 0.15) is 12.8 Å². The molecule has 1 amide bonds. The minimum atomic E-state index is -4.30. The van der Waals surface area contributed by atoms with Crippen molar-refractivity contribution in [3.8, 4) is 0 Å². The Kier molecular flexibility index (Phi) is 3.91. The minimum absolute atomic E-state index is 0.0420. The SMILES string of the molecule is O=C(Cn1c(=O)[nH]c2ccccc21)N1CCC[C@@H](C(F)(F)F)C1. The molecule has 1 fully saturated rings. The Hall–Kier alpha value is -2.25. The maximum Gasteiger partial charge on any atom is 0.393 e. The fraction of sp³-hybridized carbons (Fsp3) is 0.467. The average molecular weight is 327 g/mol. The molecule has 2 heterocycles. The highest BCUT2D eigenvalue weighted by atomic mass is 19.4. The maximum atomic E-state index is 12.8. The Morgan fingerprint density at radius 2 is 2.04 bits per heavy atom. The van der Waals surface area contributed by atoms with E-state index in [9.17, 15) is 22.8 Å². The van der Waals surface area contributed by atoms with Crippen molar-refractivity contribution in [2.24, 2.45) is 5.92 Å². The Labute approximate surface area is 129 Å². The molecule has 1 aliphatic rings. The number of likely N-dealkylation sites (tertiary alicyclic amines) is 1. The number of aromatic nitrogens is 2. The largest absolute Gasteiger partial charge is 0.393 e. The third-order valence-electron chi connectivity index (χ3n) is 4.21. The van der Waals surface area contributed by atoms with Crippen LogP contribution in [0.2, 0.25) is 0 Å². The van der Waals surface area contributed by atoms with Crippen molar-refractivity contribution in [3.05, 3.63) is 34.7 Å². The molecule has 23 heavy (non-hydrogen) atoms. The quantitative estimate of drug-likeness (QED) is 0.919. The van der Waals surface area contributed by atoms with E-state index in [1.807, 2.05) is 0 Å². The minimum Gasteiger partial charge on any atom is -0.341 e.